The molecule has 1 fully saturated rings. The highest BCUT2D eigenvalue weighted by molar-refractivity contribution is 5.86. The molecule has 2 aromatic rings. The van der Waals surface area contributed by atoms with Crippen LogP contribution in [0.3, 0.4) is 0 Å². The zero-order valence-corrected chi connectivity index (χ0v) is 14.5. The van der Waals surface area contributed by atoms with E-state index in [1.54, 1.807) is 6.92 Å². The first-order valence-corrected chi connectivity index (χ1v) is 8.39. The molecule has 0 aromatic heterocycles. The fraction of sp³-hybridized carbons (Fsp3) is 0.300. The Morgan fingerprint density at radius 3 is 2.00 bits per heavy atom. The van der Waals surface area contributed by atoms with Gasteiger partial charge in [0.15, 0.2) is 5.54 Å². The number of amides is 1. The quantitative estimate of drug-likeness (QED) is 0.610. The third-order valence-corrected chi connectivity index (χ3v) is 4.19. The number of hydrogen-bond donors (Lipinski definition) is 1. The smallest absolute Gasteiger partial charge is 0.408 e. The Bertz CT molecular complexity index is 745. The summed E-state index contributed by atoms with van der Waals surface area (Å²) in [6, 6.07) is 18.6. The molecule has 2 aromatic carbocycles. The normalized spacial score (nSPS) is 17.7. The van der Waals surface area contributed by atoms with E-state index in [4.69, 9.17) is 14.2 Å². The zero-order valence-electron chi connectivity index (χ0n) is 14.5. The van der Waals surface area contributed by atoms with Crippen molar-refractivity contribution in [1.29, 1.82) is 0 Å². The van der Waals surface area contributed by atoms with Crippen LogP contribution in [0.5, 0.6) is 0 Å². The highest BCUT2D eigenvalue weighted by atomic mass is 16.6. The number of benzene rings is 2. The van der Waals surface area contributed by atoms with Crippen LogP contribution in [0.2, 0.25) is 0 Å². The van der Waals surface area contributed by atoms with Crippen LogP contribution in [-0.4, -0.2) is 30.3 Å². The van der Waals surface area contributed by atoms with Gasteiger partial charge in [0.2, 0.25) is 0 Å². The Morgan fingerprint density at radius 1 is 1.00 bits per heavy atom. The summed E-state index contributed by atoms with van der Waals surface area (Å²) in [4.78, 5) is 24.7. The Hall–Kier alpha value is -2.86. The summed E-state index contributed by atoms with van der Waals surface area (Å²) in [6.07, 6.45) is -1.11. The highest BCUT2D eigenvalue weighted by Crippen LogP contribution is 2.26. The predicted octanol–water partition coefficient (Wildman–Crippen LogP) is 2.81. The van der Waals surface area contributed by atoms with E-state index in [9.17, 15) is 9.59 Å². The van der Waals surface area contributed by atoms with Crippen LogP contribution >= 0.6 is 0 Å². The average molecular weight is 355 g/mol. The Balaban J connectivity index is 1.56. The maximum Gasteiger partial charge on any atom is 0.408 e. The van der Waals surface area contributed by atoms with E-state index >= 15 is 0 Å². The lowest BCUT2D eigenvalue weighted by molar-refractivity contribution is -0.153. The second kappa shape index (κ2) is 8.01. The summed E-state index contributed by atoms with van der Waals surface area (Å²) < 4.78 is 15.8. The molecule has 6 nitrogen and oxygen atoms in total. The molecule has 1 amide bonds. The number of alkyl carbamates (subject to hydrolysis) is 1. The van der Waals surface area contributed by atoms with Crippen molar-refractivity contribution in [3.8, 4) is 0 Å². The van der Waals surface area contributed by atoms with Gasteiger partial charge < -0.3 is 19.5 Å². The van der Waals surface area contributed by atoms with E-state index in [1.807, 2.05) is 60.7 Å². The van der Waals surface area contributed by atoms with Gasteiger partial charge in [-0.15, -0.1) is 0 Å². The molecule has 1 saturated heterocycles. The first-order chi connectivity index (χ1) is 12.6. The van der Waals surface area contributed by atoms with Gasteiger partial charge in [-0.05, 0) is 18.1 Å². The molecule has 1 aliphatic heterocycles. The lowest BCUT2D eigenvalue weighted by atomic mass is 9.99. The summed E-state index contributed by atoms with van der Waals surface area (Å²) in [5.41, 5.74) is 0.438. The van der Waals surface area contributed by atoms with E-state index in [0.29, 0.717) is 6.61 Å². The van der Waals surface area contributed by atoms with Crippen molar-refractivity contribution in [2.45, 2.75) is 31.8 Å². The molecule has 1 heterocycles. The molecule has 136 valence electrons. The summed E-state index contributed by atoms with van der Waals surface area (Å²) in [5.74, 6) is -0.555. The fourth-order valence-electron chi connectivity index (χ4n) is 2.49. The van der Waals surface area contributed by atoms with E-state index in [1.165, 1.54) is 0 Å². The zero-order chi connectivity index (χ0) is 18.4. The molecule has 0 radical (unpaired) electrons. The molecule has 0 spiro atoms. The SMILES string of the molecule is C[C@@](NC(=O)OCc1ccccc1)(C(=O)OCc1ccccc1)[C@H]1CO1. The number of rotatable bonds is 7. The molecule has 0 bridgehead atoms. The third-order valence-electron chi connectivity index (χ3n) is 4.19. The van der Waals surface area contributed by atoms with Gasteiger partial charge in [0.25, 0.3) is 0 Å². The van der Waals surface area contributed by atoms with Gasteiger partial charge in [0, 0.05) is 0 Å². The van der Waals surface area contributed by atoms with E-state index < -0.39 is 23.7 Å². The number of hydrogen-bond acceptors (Lipinski definition) is 5. The molecule has 1 aliphatic rings. The number of nitrogens with one attached hydrogen (secondary N) is 1. The van der Waals surface area contributed by atoms with Gasteiger partial charge in [-0.2, -0.15) is 0 Å². The minimum Gasteiger partial charge on any atom is -0.459 e. The topological polar surface area (TPSA) is 77.2 Å². The maximum absolute atomic E-state index is 12.6. The van der Waals surface area contributed by atoms with Crippen molar-refractivity contribution in [2.75, 3.05) is 6.61 Å². The Morgan fingerprint density at radius 2 is 1.50 bits per heavy atom. The standard InChI is InChI=1S/C20H21NO5/c1-20(17-14-24-17,18(22)25-12-15-8-4-2-5-9-15)21-19(23)26-13-16-10-6-3-7-11-16/h2-11,17H,12-14H2,1H3,(H,21,23)/t17-,20+/m1/s1. The van der Waals surface area contributed by atoms with E-state index in [2.05, 4.69) is 5.32 Å². The highest BCUT2D eigenvalue weighted by Gasteiger charge is 2.52. The van der Waals surface area contributed by atoms with Crippen LogP contribution in [0.25, 0.3) is 0 Å². The second-order valence-electron chi connectivity index (χ2n) is 6.27. The molecule has 2 atom stereocenters. The Labute approximate surface area is 152 Å². The van der Waals surface area contributed by atoms with Gasteiger partial charge in [-0.3, -0.25) is 0 Å². The average Bonchev–Trinajstić information content (AvgIpc) is 3.52. The second-order valence-corrected chi connectivity index (χ2v) is 6.27. The summed E-state index contributed by atoms with van der Waals surface area (Å²) in [7, 11) is 0. The maximum atomic E-state index is 12.6. The van der Waals surface area contributed by atoms with Crippen molar-refractivity contribution >= 4 is 12.1 Å². The van der Waals surface area contributed by atoms with Gasteiger partial charge in [-0.1, -0.05) is 60.7 Å². The first kappa shape index (κ1) is 17.9. The van der Waals surface area contributed by atoms with Gasteiger partial charge >= 0.3 is 12.1 Å². The lowest BCUT2D eigenvalue weighted by Gasteiger charge is -2.26. The predicted molar refractivity (Wildman–Crippen MR) is 94.1 cm³/mol. The number of ether oxygens (including phenoxy) is 3. The van der Waals surface area contributed by atoms with Crippen LogP contribution in [0.15, 0.2) is 60.7 Å². The molecular weight excluding hydrogens is 334 g/mol. The van der Waals surface area contributed by atoms with Crippen LogP contribution in [0, 0.1) is 0 Å². The van der Waals surface area contributed by atoms with Crippen molar-refractivity contribution < 1.29 is 23.8 Å². The number of carbonyl (C=O) groups excluding carboxylic acids is 2. The van der Waals surface area contributed by atoms with Crippen LogP contribution in [-0.2, 0) is 32.2 Å². The largest absolute Gasteiger partial charge is 0.459 e. The first-order valence-electron chi connectivity index (χ1n) is 8.39. The number of esters is 1. The number of epoxide rings is 1. The monoisotopic (exact) mass is 355 g/mol. The fourth-order valence-corrected chi connectivity index (χ4v) is 2.49. The van der Waals surface area contributed by atoms with Gasteiger partial charge in [-0.25, -0.2) is 9.59 Å². The minimum atomic E-state index is -1.29. The minimum absolute atomic E-state index is 0.118. The molecular formula is C20H21NO5. The van der Waals surface area contributed by atoms with Crippen LogP contribution in [0.1, 0.15) is 18.1 Å². The molecule has 0 unspecified atom stereocenters. The Kier molecular flexibility index (Phi) is 5.53. The molecule has 1 N–H and O–H groups in total. The van der Waals surface area contributed by atoms with Gasteiger partial charge in [0.05, 0.1) is 6.61 Å². The molecule has 0 aliphatic carbocycles. The molecule has 0 saturated carbocycles. The van der Waals surface area contributed by atoms with Crippen molar-refractivity contribution in [3.63, 3.8) is 0 Å². The van der Waals surface area contributed by atoms with Crippen LogP contribution in [0.4, 0.5) is 4.79 Å². The van der Waals surface area contributed by atoms with Crippen molar-refractivity contribution in [3.05, 3.63) is 71.8 Å². The number of carbonyl (C=O) groups is 2. The summed E-state index contributed by atoms with van der Waals surface area (Å²) in [6.45, 7) is 2.22. The van der Waals surface area contributed by atoms with Gasteiger partial charge in [0.1, 0.15) is 19.3 Å². The summed E-state index contributed by atoms with van der Waals surface area (Å²) in [5, 5.41) is 2.60. The third kappa shape index (κ3) is 4.61. The van der Waals surface area contributed by atoms with E-state index in [0.717, 1.165) is 11.1 Å². The van der Waals surface area contributed by atoms with Crippen molar-refractivity contribution in [1.82, 2.24) is 5.32 Å². The summed E-state index contributed by atoms with van der Waals surface area (Å²) >= 11 is 0. The lowest BCUT2D eigenvalue weighted by Crippen LogP contribution is -2.57. The van der Waals surface area contributed by atoms with E-state index in [-0.39, 0.29) is 13.2 Å². The molecule has 3 rings (SSSR count). The molecule has 26 heavy (non-hydrogen) atoms. The van der Waals surface area contributed by atoms with Crippen molar-refractivity contribution in [2.24, 2.45) is 0 Å². The molecule has 6 heteroatoms. The van der Waals surface area contributed by atoms with Crippen LogP contribution < -0.4 is 5.32 Å².